The zero-order valence-corrected chi connectivity index (χ0v) is 19.2. The quantitative estimate of drug-likeness (QED) is 0.326. The molecule has 0 atom stereocenters. The largest absolute Gasteiger partial charge is 0.503 e. The van der Waals surface area contributed by atoms with Crippen LogP contribution in [0.4, 0.5) is 4.79 Å². The molecule has 0 saturated heterocycles. The third-order valence-corrected chi connectivity index (χ3v) is 5.41. The van der Waals surface area contributed by atoms with Gasteiger partial charge in [0.1, 0.15) is 17.0 Å². The molecule has 2 heterocycles. The summed E-state index contributed by atoms with van der Waals surface area (Å²) >= 11 is 5.99. The molecule has 2 N–H and O–H groups in total. The molecule has 4 aromatic rings. The lowest BCUT2D eigenvalue weighted by atomic mass is 9.95. The normalized spacial score (nSPS) is 13.0. The minimum absolute atomic E-state index is 0.170. The van der Waals surface area contributed by atoms with Crippen LogP contribution in [0.5, 0.6) is 17.5 Å². The van der Waals surface area contributed by atoms with E-state index in [0.29, 0.717) is 34.0 Å². The van der Waals surface area contributed by atoms with Gasteiger partial charge in [0.2, 0.25) is 5.89 Å². The van der Waals surface area contributed by atoms with Crippen LogP contribution in [0.25, 0.3) is 22.7 Å². The van der Waals surface area contributed by atoms with E-state index in [-0.39, 0.29) is 6.01 Å². The lowest BCUT2D eigenvalue weighted by Gasteiger charge is -2.28. The van der Waals surface area contributed by atoms with Gasteiger partial charge in [0.05, 0.1) is 12.3 Å². The van der Waals surface area contributed by atoms with Crippen LogP contribution in [0.1, 0.15) is 30.4 Å². The molecule has 34 heavy (non-hydrogen) atoms. The Kier molecular flexibility index (Phi) is 6.83. The predicted molar refractivity (Wildman–Crippen MR) is 125 cm³/mol. The summed E-state index contributed by atoms with van der Waals surface area (Å²) in [5, 5.41) is 14.5. The molecule has 2 aromatic heterocycles. The summed E-state index contributed by atoms with van der Waals surface area (Å²) in [6, 6.07) is 11.3. The topological polar surface area (TPSA) is 128 Å². The standard InChI is InChI=1S/C23H20ClN3O3.CH2O3/c1-13-9-15(10-14(2)20(13)28-17-6-4-7-17)21-26-19-12-25-23(27-22(19)30-21)29-18-8-3-5-16(24)11-18;2-1(3)4/h3,5,8-12,17H,4,6-7H2,1-2H3;(H2,2,3,4). The van der Waals surface area contributed by atoms with Crippen molar-refractivity contribution in [2.24, 2.45) is 0 Å². The Balaban J connectivity index is 0.000000636. The molecule has 0 unspecified atom stereocenters. The van der Waals surface area contributed by atoms with E-state index in [4.69, 9.17) is 40.5 Å². The second kappa shape index (κ2) is 9.96. The lowest BCUT2D eigenvalue weighted by Crippen LogP contribution is -2.25. The van der Waals surface area contributed by atoms with Gasteiger partial charge >= 0.3 is 12.2 Å². The first kappa shape index (κ1) is 23.3. The number of carbonyl (C=O) groups is 1. The Morgan fingerprint density at radius 1 is 1.12 bits per heavy atom. The van der Waals surface area contributed by atoms with Crippen molar-refractivity contribution in [1.29, 1.82) is 0 Å². The molecule has 176 valence electrons. The SMILES string of the molecule is Cc1cc(-c2nc3cnc(Oc4cccc(Cl)c4)nc3o2)cc(C)c1OC1CCC1.O=C(O)O. The van der Waals surface area contributed by atoms with Crippen molar-refractivity contribution >= 4 is 29.0 Å². The Hall–Kier alpha value is -3.85. The van der Waals surface area contributed by atoms with Crippen LogP contribution in [-0.2, 0) is 0 Å². The molecular weight excluding hydrogens is 462 g/mol. The number of ether oxygens (including phenoxy) is 2. The second-order valence-corrected chi connectivity index (χ2v) is 8.25. The second-order valence-electron chi connectivity index (χ2n) is 7.81. The fraction of sp³-hybridized carbons (Fsp3) is 0.250. The molecule has 5 rings (SSSR count). The smallest absolute Gasteiger partial charge is 0.490 e. The van der Waals surface area contributed by atoms with Crippen molar-refractivity contribution in [2.75, 3.05) is 0 Å². The predicted octanol–water partition coefficient (Wildman–Crippen LogP) is 6.50. The highest BCUT2D eigenvalue weighted by molar-refractivity contribution is 6.30. The van der Waals surface area contributed by atoms with E-state index in [9.17, 15) is 0 Å². The molecule has 0 radical (unpaired) electrons. The third-order valence-electron chi connectivity index (χ3n) is 5.18. The maximum Gasteiger partial charge on any atom is 0.503 e. The molecule has 1 aliphatic carbocycles. The first-order valence-corrected chi connectivity index (χ1v) is 10.9. The summed E-state index contributed by atoms with van der Waals surface area (Å²) in [5.41, 5.74) is 3.93. The van der Waals surface area contributed by atoms with Gasteiger partial charge in [-0.15, -0.1) is 0 Å². The number of oxazole rings is 1. The summed E-state index contributed by atoms with van der Waals surface area (Å²) in [6.45, 7) is 4.09. The van der Waals surface area contributed by atoms with Gasteiger partial charge in [-0.3, -0.25) is 0 Å². The number of fused-ring (bicyclic) bond motifs is 1. The highest BCUT2D eigenvalue weighted by atomic mass is 35.5. The van der Waals surface area contributed by atoms with Gasteiger partial charge in [-0.1, -0.05) is 17.7 Å². The van der Waals surface area contributed by atoms with Crippen LogP contribution < -0.4 is 9.47 Å². The fourth-order valence-corrected chi connectivity index (χ4v) is 3.62. The van der Waals surface area contributed by atoms with Crippen LogP contribution >= 0.6 is 11.6 Å². The zero-order chi connectivity index (χ0) is 24.2. The van der Waals surface area contributed by atoms with Gasteiger partial charge in [0, 0.05) is 10.6 Å². The van der Waals surface area contributed by atoms with Crippen LogP contribution in [0, 0.1) is 13.8 Å². The Morgan fingerprint density at radius 2 is 1.82 bits per heavy atom. The van der Waals surface area contributed by atoms with E-state index in [1.54, 1.807) is 30.5 Å². The average Bonchev–Trinajstić information content (AvgIpc) is 3.15. The Morgan fingerprint density at radius 3 is 2.44 bits per heavy atom. The van der Waals surface area contributed by atoms with E-state index in [1.165, 1.54) is 6.42 Å². The number of benzene rings is 2. The average molecular weight is 484 g/mol. The number of aryl methyl sites for hydroxylation is 2. The lowest BCUT2D eigenvalue weighted by molar-refractivity contribution is 0.118. The summed E-state index contributed by atoms with van der Waals surface area (Å²) < 4.78 is 17.7. The summed E-state index contributed by atoms with van der Waals surface area (Å²) in [7, 11) is 0. The van der Waals surface area contributed by atoms with E-state index in [1.807, 2.05) is 26.0 Å². The van der Waals surface area contributed by atoms with Crippen LogP contribution in [0.2, 0.25) is 5.02 Å². The van der Waals surface area contributed by atoms with E-state index in [2.05, 4.69) is 15.0 Å². The first-order valence-electron chi connectivity index (χ1n) is 10.6. The number of rotatable bonds is 5. The molecular formula is C24H22ClN3O6. The van der Waals surface area contributed by atoms with E-state index >= 15 is 0 Å². The van der Waals surface area contributed by atoms with Gasteiger partial charge < -0.3 is 24.1 Å². The molecule has 1 saturated carbocycles. The Bertz CT molecular complexity index is 1310. The third kappa shape index (κ3) is 5.55. The van der Waals surface area contributed by atoms with Crippen LogP contribution in [0.15, 0.2) is 47.0 Å². The summed E-state index contributed by atoms with van der Waals surface area (Å²) in [4.78, 5) is 21.6. The van der Waals surface area contributed by atoms with E-state index in [0.717, 1.165) is 35.3 Å². The van der Waals surface area contributed by atoms with Crippen molar-refractivity contribution in [3.63, 3.8) is 0 Å². The van der Waals surface area contributed by atoms with Crippen molar-refractivity contribution < 1.29 is 28.9 Å². The number of nitrogens with zero attached hydrogens (tertiary/aromatic N) is 3. The fourth-order valence-electron chi connectivity index (χ4n) is 3.44. The number of aromatic nitrogens is 3. The van der Waals surface area contributed by atoms with Crippen molar-refractivity contribution in [1.82, 2.24) is 15.0 Å². The molecule has 0 amide bonds. The minimum atomic E-state index is -1.83. The molecule has 0 bridgehead atoms. The maximum atomic E-state index is 8.56. The zero-order valence-electron chi connectivity index (χ0n) is 18.5. The molecule has 2 aromatic carbocycles. The number of hydrogen-bond donors (Lipinski definition) is 2. The van der Waals surface area contributed by atoms with Gasteiger partial charge in [0.25, 0.3) is 5.71 Å². The van der Waals surface area contributed by atoms with Gasteiger partial charge in [0.15, 0.2) is 0 Å². The first-order chi connectivity index (χ1) is 16.3. The van der Waals surface area contributed by atoms with Gasteiger partial charge in [-0.2, -0.15) is 4.98 Å². The minimum Gasteiger partial charge on any atom is -0.490 e. The van der Waals surface area contributed by atoms with Crippen molar-refractivity contribution in [3.8, 4) is 29.0 Å². The number of carboxylic acid groups (broad SMARTS) is 2. The van der Waals surface area contributed by atoms with Gasteiger partial charge in [-0.25, -0.2) is 14.8 Å². The number of hydrogen-bond acceptors (Lipinski definition) is 7. The summed E-state index contributed by atoms with van der Waals surface area (Å²) in [6.07, 6.45) is 3.59. The molecule has 10 heteroatoms. The van der Waals surface area contributed by atoms with Crippen LogP contribution in [-0.4, -0.2) is 37.4 Å². The van der Waals surface area contributed by atoms with Crippen LogP contribution in [0.3, 0.4) is 0 Å². The maximum absolute atomic E-state index is 8.56. The van der Waals surface area contributed by atoms with Gasteiger partial charge in [-0.05, 0) is 74.6 Å². The molecule has 0 aliphatic heterocycles. The summed E-state index contributed by atoms with van der Waals surface area (Å²) in [5.74, 6) is 1.99. The Labute approximate surface area is 200 Å². The van der Waals surface area contributed by atoms with E-state index < -0.39 is 6.16 Å². The monoisotopic (exact) mass is 483 g/mol. The molecule has 1 aliphatic rings. The molecule has 1 fully saturated rings. The highest BCUT2D eigenvalue weighted by Gasteiger charge is 2.22. The number of halogens is 1. The highest BCUT2D eigenvalue weighted by Crippen LogP contribution is 2.34. The van der Waals surface area contributed by atoms with Crippen molar-refractivity contribution in [3.05, 3.63) is 58.7 Å². The molecule has 9 nitrogen and oxygen atoms in total. The van der Waals surface area contributed by atoms with Crippen molar-refractivity contribution in [2.45, 2.75) is 39.2 Å². The molecule has 0 spiro atoms.